The molecular formula is C16H19N3O3. The van der Waals surface area contributed by atoms with E-state index in [2.05, 4.69) is 4.98 Å². The van der Waals surface area contributed by atoms with Gasteiger partial charge in [0.15, 0.2) is 0 Å². The van der Waals surface area contributed by atoms with Crippen LogP contribution in [0.1, 0.15) is 53.5 Å². The van der Waals surface area contributed by atoms with Crippen LogP contribution in [0, 0.1) is 0 Å². The summed E-state index contributed by atoms with van der Waals surface area (Å²) in [5.74, 6) is -0.520. The second-order valence-electron chi connectivity index (χ2n) is 5.77. The molecule has 0 aliphatic carbocycles. The van der Waals surface area contributed by atoms with Crippen molar-refractivity contribution in [2.24, 2.45) is 0 Å². The number of rotatable bonds is 4. The molecule has 3 amide bonds. The Morgan fingerprint density at radius 3 is 2.91 bits per heavy atom. The second-order valence-corrected chi connectivity index (χ2v) is 5.77. The van der Waals surface area contributed by atoms with E-state index in [4.69, 9.17) is 0 Å². The standard InChI is InChI=1S/C16H19N3O3/c1-2-3-6-13(20)18-9-7-11(10-18)19-15(21)12-5-4-8-17-14(12)16(19)22/h4-5,8,11H,2-3,6-7,9-10H2,1H3. The number of hydrogen-bond donors (Lipinski definition) is 0. The highest BCUT2D eigenvalue weighted by Crippen LogP contribution is 2.27. The monoisotopic (exact) mass is 301 g/mol. The number of likely N-dealkylation sites (tertiary alicyclic amines) is 1. The van der Waals surface area contributed by atoms with Gasteiger partial charge in [-0.1, -0.05) is 13.3 Å². The zero-order valence-electron chi connectivity index (χ0n) is 12.6. The lowest BCUT2D eigenvalue weighted by molar-refractivity contribution is -0.130. The van der Waals surface area contributed by atoms with E-state index in [9.17, 15) is 14.4 Å². The van der Waals surface area contributed by atoms with Gasteiger partial charge in [0.25, 0.3) is 11.8 Å². The Morgan fingerprint density at radius 1 is 1.36 bits per heavy atom. The van der Waals surface area contributed by atoms with Gasteiger partial charge in [-0.15, -0.1) is 0 Å². The highest BCUT2D eigenvalue weighted by molar-refractivity contribution is 6.20. The molecule has 2 aliphatic rings. The molecule has 1 saturated heterocycles. The molecular weight excluding hydrogens is 282 g/mol. The number of carbonyl (C=O) groups is 3. The fourth-order valence-corrected chi connectivity index (χ4v) is 3.08. The fourth-order valence-electron chi connectivity index (χ4n) is 3.08. The minimum absolute atomic E-state index is 0.110. The molecule has 1 fully saturated rings. The molecule has 3 rings (SSSR count). The number of unbranched alkanes of at least 4 members (excludes halogenated alkanes) is 1. The summed E-state index contributed by atoms with van der Waals surface area (Å²) in [6, 6.07) is 3.05. The van der Waals surface area contributed by atoms with Crippen LogP contribution in [0.2, 0.25) is 0 Å². The van der Waals surface area contributed by atoms with Crippen molar-refractivity contribution in [2.45, 2.75) is 38.6 Å². The zero-order valence-corrected chi connectivity index (χ0v) is 12.6. The first-order valence-corrected chi connectivity index (χ1v) is 7.74. The first-order chi connectivity index (χ1) is 10.6. The summed E-state index contributed by atoms with van der Waals surface area (Å²) < 4.78 is 0. The Morgan fingerprint density at radius 2 is 2.18 bits per heavy atom. The van der Waals surface area contributed by atoms with Crippen LogP contribution in [0.4, 0.5) is 0 Å². The summed E-state index contributed by atoms with van der Waals surface area (Å²) in [6.07, 6.45) is 4.54. The molecule has 1 atom stereocenters. The number of aromatic nitrogens is 1. The maximum absolute atomic E-state index is 12.4. The lowest BCUT2D eigenvalue weighted by Crippen LogP contribution is -2.42. The van der Waals surface area contributed by atoms with E-state index >= 15 is 0 Å². The van der Waals surface area contributed by atoms with Gasteiger partial charge in [-0.25, -0.2) is 0 Å². The van der Waals surface area contributed by atoms with Gasteiger partial charge in [-0.05, 0) is 25.0 Å². The molecule has 0 aromatic carbocycles. The van der Waals surface area contributed by atoms with Crippen LogP contribution < -0.4 is 0 Å². The number of fused-ring (bicyclic) bond motifs is 1. The first-order valence-electron chi connectivity index (χ1n) is 7.74. The van der Waals surface area contributed by atoms with Crippen LogP contribution >= 0.6 is 0 Å². The third-order valence-corrected chi connectivity index (χ3v) is 4.30. The summed E-state index contributed by atoms with van der Waals surface area (Å²) in [4.78, 5) is 43.9. The van der Waals surface area contributed by atoms with E-state index < -0.39 is 0 Å². The lowest BCUT2D eigenvalue weighted by Gasteiger charge is -2.22. The second kappa shape index (κ2) is 5.87. The van der Waals surface area contributed by atoms with E-state index in [0.717, 1.165) is 12.8 Å². The average molecular weight is 301 g/mol. The highest BCUT2D eigenvalue weighted by Gasteiger charge is 2.43. The van der Waals surface area contributed by atoms with Gasteiger partial charge >= 0.3 is 0 Å². The van der Waals surface area contributed by atoms with Gasteiger partial charge in [0.2, 0.25) is 5.91 Å². The number of hydrogen-bond acceptors (Lipinski definition) is 4. The van der Waals surface area contributed by atoms with Crippen LogP contribution in [-0.2, 0) is 4.79 Å². The predicted octanol–water partition coefficient (Wildman–Crippen LogP) is 1.47. The van der Waals surface area contributed by atoms with E-state index in [1.165, 1.54) is 11.1 Å². The third-order valence-electron chi connectivity index (χ3n) is 4.30. The summed E-state index contributed by atoms with van der Waals surface area (Å²) in [7, 11) is 0. The summed E-state index contributed by atoms with van der Waals surface area (Å²) >= 11 is 0. The Balaban J connectivity index is 1.71. The number of pyridine rings is 1. The molecule has 0 spiro atoms. The van der Waals surface area contributed by atoms with E-state index in [1.807, 2.05) is 6.92 Å². The van der Waals surface area contributed by atoms with Crippen LogP contribution in [0.25, 0.3) is 0 Å². The van der Waals surface area contributed by atoms with E-state index in [-0.39, 0.29) is 29.5 Å². The van der Waals surface area contributed by atoms with Gasteiger partial charge in [0.05, 0.1) is 11.6 Å². The largest absolute Gasteiger partial charge is 0.341 e. The number of nitrogens with zero attached hydrogens (tertiary/aromatic N) is 3. The van der Waals surface area contributed by atoms with Crippen molar-refractivity contribution in [1.29, 1.82) is 0 Å². The van der Waals surface area contributed by atoms with Gasteiger partial charge in [0, 0.05) is 25.7 Å². The molecule has 1 unspecified atom stereocenters. The predicted molar refractivity (Wildman–Crippen MR) is 79.2 cm³/mol. The minimum Gasteiger partial charge on any atom is -0.341 e. The normalized spacial score (nSPS) is 20.7. The Kier molecular flexibility index (Phi) is 3.92. The Bertz CT molecular complexity index is 594. The van der Waals surface area contributed by atoms with Crippen LogP contribution in [0.3, 0.4) is 0 Å². The average Bonchev–Trinajstić information content (AvgIpc) is 3.10. The number of carbonyl (C=O) groups excluding carboxylic acids is 3. The minimum atomic E-state index is -0.339. The molecule has 1 aromatic heterocycles. The lowest BCUT2D eigenvalue weighted by atomic mass is 10.2. The van der Waals surface area contributed by atoms with Crippen molar-refractivity contribution in [3.05, 3.63) is 29.6 Å². The fraction of sp³-hybridized carbons (Fsp3) is 0.500. The topological polar surface area (TPSA) is 70.6 Å². The maximum atomic E-state index is 12.4. The SMILES string of the molecule is CCCCC(=O)N1CCC(N2C(=O)c3cccnc3C2=O)C1. The number of amides is 3. The van der Waals surface area contributed by atoms with Crippen LogP contribution in [0.5, 0.6) is 0 Å². The molecule has 6 nitrogen and oxygen atoms in total. The molecule has 22 heavy (non-hydrogen) atoms. The molecule has 3 heterocycles. The molecule has 6 heteroatoms. The van der Waals surface area contributed by atoms with Crippen molar-refractivity contribution in [1.82, 2.24) is 14.8 Å². The van der Waals surface area contributed by atoms with Gasteiger partial charge in [-0.3, -0.25) is 24.3 Å². The van der Waals surface area contributed by atoms with Crippen molar-refractivity contribution in [3.63, 3.8) is 0 Å². The van der Waals surface area contributed by atoms with Gasteiger partial charge in [-0.2, -0.15) is 0 Å². The molecule has 1 aromatic rings. The summed E-state index contributed by atoms with van der Waals surface area (Å²) in [6.45, 7) is 3.09. The number of imide groups is 1. The zero-order chi connectivity index (χ0) is 15.7. The Labute approximate surface area is 129 Å². The quantitative estimate of drug-likeness (QED) is 0.790. The molecule has 116 valence electrons. The third kappa shape index (κ3) is 2.38. The van der Waals surface area contributed by atoms with Crippen LogP contribution in [0.15, 0.2) is 18.3 Å². The molecule has 2 aliphatic heterocycles. The van der Waals surface area contributed by atoms with Crippen molar-refractivity contribution >= 4 is 17.7 Å². The highest BCUT2D eigenvalue weighted by atomic mass is 16.2. The van der Waals surface area contributed by atoms with Crippen molar-refractivity contribution < 1.29 is 14.4 Å². The van der Waals surface area contributed by atoms with Crippen molar-refractivity contribution in [3.8, 4) is 0 Å². The van der Waals surface area contributed by atoms with Gasteiger partial charge < -0.3 is 4.90 Å². The van der Waals surface area contributed by atoms with E-state index in [1.54, 1.807) is 17.0 Å². The molecule has 0 saturated carbocycles. The summed E-state index contributed by atoms with van der Waals surface area (Å²) in [5, 5.41) is 0. The summed E-state index contributed by atoms with van der Waals surface area (Å²) in [5.41, 5.74) is 0.589. The first kappa shape index (κ1) is 14.7. The van der Waals surface area contributed by atoms with E-state index in [0.29, 0.717) is 31.5 Å². The molecule has 0 N–H and O–H groups in total. The Hall–Kier alpha value is -2.24. The smallest absolute Gasteiger partial charge is 0.280 e. The van der Waals surface area contributed by atoms with Gasteiger partial charge in [0.1, 0.15) is 5.69 Å². The molecule has 0 bridgehead atoms. The van der Waals surface area contributed by atoms with Crippen LogP contribution in [-0.4, -0.2) is 51.6 Å². The molecule has 0 radical (unpaired) electrons. The maximum Gasteiger partial charge on any atom is 0.280 e. The van der Waals surface area contributed by atoms with Crippen molar-refractivity contribution in [2.75, 3.05) is 13.1 Å².